The van der Waals surface area contributed by atoms with Crippen LogP contribution in [0.25, 0.3) is 0 Å². The van der Waals surface area contributed by atoms with Crippen molar-refractivity contribution in [2.45, 2.75) is 60.0 Å². The average molecular weight is 415 g/mol. The number of likely N-dealkylation sites (N-methyl/N-ethyl adjacent to an activating group) is 2. The summed E-state index contributed by atoms with van der Waals surface area (Å²) in [6.07, 6.45) is 0. The minimum atomic E-state index is -0.431. The van der Waals surface area contributed by atoms with Gasteiger partial charge < -0.3 is 18.4 Å². The maximum atomic E-state index is 11.5. The van der Waals surface area contributed by atoms with Crippen LogP contribution >= 0.6 is 0 Å². The Kier molecular flexibility index (Phi) is 15.9. The zero-order valence-corrected chi connectivity index (χ0v) is 18.4. The van der Waals surface area contributed by atoms with E-state index in [9.17, 15) is 9.59 Å². The van der Waals surface area contributed by atoms with Crippen LogP contribution in [0.3, 0.4) is 0 Å². The molecule has 0 aromatic rings. The Labute approximate surface area is 168 Å². The molecule has 0 unspecified atom stereocenters. The third-order valence-corrected chi connectivity index (χ3v) is 4.12. The summed E-state index contributed by atoms with van der Waals surface area (Å²) >= 11 is 0. The van der Waals surface area contributed by atoms with Crippen LogP contribution < -0.4 is 5.73 Å². The van der Waals surface area contributed by atoms with Gasteiger partial charge in [0.25, 0.3) is 0 Å². The van der Waals surface area contributed by atoms with E-state index in [0.29, 0.717) is 0 Å². The van der Waals surface area contributed by atoms with Crippen LogP contribution in [0.4, 0.5) is 0 Å². The van der Waals surface area contributed by atoms with E-state index in [4.69, 9.17) is 0 Å². The molecule has 6 heteroatoms. The van der Waals surface area contributed by atoms with Crippen LogP contribution in [-0.2, 0) is 9.59 Å². The number of rotatable bonds is 3. The topological polar surface area (TPSA) is 66.6 Å². The minimum Gasteiger partial charge on any atom is -1.00 e. The van der Waals surface area contributed by atoms with Gasteiger partial charge in [-0.3, -0.25) is 9.59 Å². The van der Waals surface area contributed by atoms with Crippen molar-refractivity contribution in [1.82, 2.24) is 9.80 Å². The van der Waals surface area contributed by atoms with Crippen LogP contribution in [0, 0.1) is 0 Å². The summed E-state index contributed by atoms with van der Waals surface area (Å²) in [4.78, 5) is 26.3. The van der Waals surface area contributed by atoms with Gasteiger partial charge in [-0.15, -0.1) is 0 Å². The first-order chi connectivity index (χ1) is 7.96. The molecule has 0 spiro atoms. The molecule has 0 rings (SSSR count). The smallest absolute Gasteiger partial charge is 1.00 e. The second-order valence-electron chi connectivity index (χ2n) is 5.27. The fraction of sp³-hybridized carbons (Fsp3) is 0.857. The predicted molar refractivity (Wildman–Crippen MR) is 89.9 cm³/mol. The Hall–Kier alpha value is 0.471. The van der Waals surface area contributed by atoms with E-state index >= 15 is 0 Å². The standard InChI is InChI=1S/C12H24N2O2.CH5N.CH4.Ba.2H/c1-9(15)13(7)11(3,4)12(5,6)14(8)10(2)16;1-2;;;;/h1-8H3;2H2,1H3;1H4;;;/q;;;+2;2*-1. The van der Waals surface area contributed by atoms with Gasteiger partial charge in [-0.05, 0) is 34.7 Å². The number of amides is 2. The number of carbonyl (C=O) groups excluding carboxylic acids is 2. The van der Waals surface area contributed by atoms with Crippen molar-refractivity contribution in [2.75, 3.05) is 21.1 Å². The Morgan fingerprint density at radius 2 is 1.00 bits per heavy atom. The fourth-order valence-electron chi connectivity index (χ4n) is 1.61. The molecule has 0 radical (unpaired) electrons. The molecule has 0 aliphatic heterocycles. The first kappa shape index (κ1) is 28.6. The zero-order valence-electron chi connectivity index (χ0n) is 16.0. The first-order valence-electron chi connectivity index (χ1n) is 6.02. The number of nitrogens with two attached hydrogens (primary N) is 1. The summed E-state index contributed by atoms with van der Waals surface area (Å²) in [5.41, 5.74) is 3.64. The van der Waals surface area contributed by atoms with E-state index in [-0.39, 0.29) is 71.0 Å². The Balaban J connectivity index is -0.000000102. The number of carbonyl (C=O) groups is 2. The molecule has 0 saturated carbocycles. The van der Waals surface area contributed by atoms with Gasteiger partial charge in [0, 0.05) is 27.9 Å². The summed E-state index contributed by atoms with van der Waals surface area (Å²) in [6, 6.07) is 0. The van der Waals surface area contributed by atoms with Gasteiger partial charge in [0.2, 0.25) is 11.8 Å². The Bertz CT molecular complexity index is 284. The van der Waals surface area contributed by atoms with Crippen LogP contribution in [0.1, 0.15) is 51.8 Å². The van der Waals surface area contributed by atoms with Gasteiger partial charge in [-0.25, -0.2) is 0 Å². The maximum Gasteiger partial charge on any atom is 2.00 e. The predicted octanol–water partition coefficient (Wildman–Crippen LogP) is 1.56. The van der Waals surface area contributed by atoms with Crippen LogP contribution in [0.15, 0.2) is 0 Å². The van der Waals surface area contributed by atoms with Crippen molar-refractivity contribution in [3.8, 4) is 0 Å². The summed E-state index contributed by atoms with van der Waals surface area (Å²) < 4.78 is 0. The molecule has 0 heterocycles. The molecule has 0 bridgehead atoms. The van der Waals surface area contributed by atoms with Crippen molar-refractivity contribution < 1.29 is 12.4 Å². The first-order valence-corrected chi connectivity index (χ1v) is 6.02. The molecule has 0 aromatic carbocycles. The molecule has 5 nitrogen and oxygen atoms in total. The van der Waals surface area contributed by atoms with Gasteiger partial charge in [0.05, 0.1) is 11.1 Å². The molecule has 0 aliphatic rings. The van der Waals surface area contributed by atoms with Crippen molar-refractivity contribution in [3.63, 3.8) is 0 Å². The molecule has 2 amide bonds. The summed E-state index contributed by atoms with van der Waals surface area (Å²) in [6.45, 7) is 10.9. The zero-order chi connectivity index (χ0) is 15.3. The molecule has 0 fully saturated rings. The van der Waals surface area contributed by atoms with Crippen molar-refractivity contribution in [2.24, 2.45) is 5.73 Å². The normalized spacial score (nSPS) is 10.1. The van der Waals surface area contributed by atoms with E-state index < -0.39 is 11.1 Å². The summed E-state index contributed by atoms with van der Waals surface area (Å²) in [5, 5.41) is 0. The largest absolute Gasteiger partial charge is 2.00 e. The quantitative estimate of drug-likeness (QED) is 0.713. The van der Waals surface area contributed by atoms with Crippen LogP contribution in [0.2, 0.25) is 0 Å². The van der Waals surface area contributed by atoms with Gasteiger partial charge in [-0.2, -0.15) is 0 Å². The maximum absolute atomic E-state index is 11.5. The minimum absolute atomic E-state index is 0. The van der Waals surface area contributed by atoms with Gasteiger partial charge in [0.1, 0.15) is 0 Å². The van der Waals surface area contributed by atoms with E-state index in [1.165, 1.54) is 20.9 Å². The number of hydrogen-bond donors (Lipinski definition) is 1. The second kappa shape index (κ2) is 11.1. The van der Waals surface area contributed by atoms with Gasteiger partial charge >= 0.3 is 48.9 Å². The SMILES string of the molecule is C.CC(=O)N(C)C(C)(C)C(C)(C)N(C)C(C)=O.CN.[Ba+2].[H-].[H-]. The Morgan fingerprint density at radius 3 is 1.10 bits per heavy atom. The molecule has 0 atom stereocenters. The molecule has 0 aliphatic carbocycles. The molecule has 20 heavy (non-hydrogen) atoms. The van der Waals surface area contributed by atoms with Crippen molar-refractivity contribution >= 4 is 60.7 Å². The number of hydrogen-bond acceptors (Lipinski definition) is 3. The summed E-state index contributed by atoms with van der Waals surface area (Å²) in [7, 11) is 5.02. The second-order valence-corrected chi connectivity index (χ2v) is 5.27. The van der Waals surface area contributed by atoms with E-state index in [2.05, 4.69) is 5.73 Å². The number of nitrogens with zero attached hydrogens (tertiary/aromatic N) is 2. The molecular weight excluding hydrogens is 380 g/mol. The average Bonchev–Trinajstić information content (AvgIpc) is 2.28. The van der Waals surface area contributed by atoms with Gasteiger partial charge in [-0.1, -0.05) is 7.43 Å². The van der Waals surface area contributed by atoms with Gasteiger partial charge in [0.15, 0.2) is 0 Å². The molecular formula is C14H35BaN3O2. The van der Waals surface area contributed by atoms with E-state index in [0.717, 1.165) is 0 Å². The monoisotopic (exact) mass is 415 g/mol. The molecule has 0 aromatic heterocycles. The van der Waals surface area contributed by atoms with Crippen molar-refractivity contribution in [3.05, 3.63) is 0 Å². The molecule has 2 N–H and O–H groups in total. The third-order valence-electron chi connectivity index (χ3n) is 4.12. The fourth-order valence-corrected chi connectivity index (χ4v) is 1.61. The van der Waals surface area contributed by atoms with Crippen molar-refractivity contribution in [1.29, 1.82) is 0 Å². The van der Waals surface area contributed by atoms with E-state index in [1.807, 2.05) is 27.7 Å². The third kappa shape index (κ3) is 6.49. The Morgan fingerprint density at radius 1 is 0.850 bits per heavy atom. The summed E-state index contributed by atoms with van der Waals surface area (Å²) in [5.74, 6) is -0.00921. The van der Waals surface area contributed by atoms with Crippen LogP contribution in [-0.4, -0.2) is 103 Å². The molecule has 120 valence electrons. The van der Waals surface area contributed by atoms with Crippen LogP contribution in [0.5, 0.6) is 0 Å². The molecule has 0 saturated heterocycles. The van der Waals surface area contributed by atoms with E-state index in [1.54, 1.807) is 23.9 Å².